The van der Waals surface area contributed by atoms with Crippen molar-refractivity contribution in [3.8, 4) is 5.75 Å². The van der Waals surface area contributed by atoms with Gasteiger partial charge in [0.25, 0.3) is 5.91 Å². The first-order valence-electron chi connectivity index (χ1n) is 8.51. The van der Waals surface area contributed by atoms with Gasteiger partial charge in [-0.3, -0.25) is 4.79 Å². The summed E-state index contributed by atoms with van der Waals surface area (Å²) in [4.78, 5) is 16.4. The molecule has 0 saturated carbocycles. The third-order valence-corrected chi connectivity index (χ3v) is 3.81. The Morgan fingerprint density at radius 1 is 1.11 bits per heavy atom. The molecule has 0 aliphatic heterocycles. The fourth-order valence-electron chi connectivity index (χ4n) is 2.53. The Balaban J connectivity index is 1.52. The van der Waals surface area contributed by atoms with Gasteiger partial charge in [-0.05, 0) is 35.4 Å². The molecule has 2 aromatic carbocycles. The van der Waals surface area contributed by atoms with Gasteiger partial charge in [0, 0.05) is 26.1 Å². The van der Waals surface area contributed by atoms with E-state index in [0.717, 1.165) is 11.1 Å². The summed E-state index contributed by atoms with van der Waals surface area (Å²) < 4.78 is 15.6. The van der Waals surface area contributed by atoms with E-state index in [1.807, 2.05) is 24.3 Å². The molecule has 3 aromatic rings. The lowest BCUT2D eigenvalue weighted by Gasteiger charge is -2.08. The van der Waals surface area contributed by atoms with E-state index < -0.39 is 0 Å². The smallest absolute Gasteiger partial charge is 0.251 e. The Hall–Kier alpha value is -3.19. The molecular weight excluding hydrogens is 346 g/mol. The van der Waals surface area contributed by atoms with Gasteiger partial charge in [-0.2, -0.15) is 4.98 Å². The van der Waals surface area contributed by atoms with Crippen LogP contribution in [0.4, 0.5) is 0 Å². The number of ether oxygens (including phenoxy) is 2. The standard InChI is InChI=1S/C20H21N3O4/c1-14-22-19(23-27-14)13-26-18-8-6-17(7-9-18)20(24)21-11-15-4-3-5-16(10-15)12-25-2/h3-10H,11-13H2,1-2H3,(H,21,24). The number of carbonyl (C=O) groups excluding carboxylic acids is 1. The van der Waals surface area contributed by atoms with E-state index in [1.165, 1.54) is 0 Å². The molecule has 140 valence electrons. The van der Waals surface area contributed by atoms with Crippen LogP contribution in [0.1, 0.15) is 33.2 Å². The lowest BCUT2D eigenvalue weighted by atomic mass is 10.1. The maximum atomic E-state index is 12.3. The van der Waals surface area contributed by atoms with E-state index in [9.17, 15) is 4.79 Å². The van der Waals surface area contributed by atoms with Crippen molar-refractivity contribution in [2.45, 2.75) is 26.7 Å². The van der Waals surface area contributed by atoms with Crippen molar-refractivity contribution in [3.05, 3.63) is 76.9 Å². The van der Waals surface area contributed by atoms with Gasteiger partial charge in [0.15, 0.2) is 6.61 Å². The molecule has 0 aliphatic carbocycles. The number of benzene rings is 2. The van der Waals surface area contributed by atoms with Crippen LogP contribution in [0.25, 0.3) is 0 Å². The molecule has 3 rings (SSSR count). The third kappa shape index (κ3) is 5.39. The predicted octanol–water partition coefficient (Wildman–Crippen LogP) is 3.03. The number of rotatable bonds is 8. The summed E-state index contributed by atoms with van der Waals surface area (Å²) in [5.74, 6) is 1.45. The Morgan fingerprint density at radius 3 is 2.59 bits per heavy atom. The highest BCUT2D eigenvalue weighted by Gasteiger charge is 2.07. The van der Waals surface area contributed by atoms with E-state index in [1.54, 1.807) is 38.3 Å². The zero-order valence-corrected chi connectivity index (χ0v) is 15.3. The minimum Gasteiger partial charge on any atom is -0.485 e. The molecule has 0 bridgehead atoms. The van der Waals surface area contributed by atoms with Crippen LogP contribution in [-0.2, 0) is 24.5 Å². The van der Waals surface area contributed by atoms with Gasteiger partial charge in [-0.15, -0.1) is 0 Å². The topological polar surface area (TPSA) is 86.5 Å². The Labute approximate surface area is 157 Å². The molecule has 0 atom stereocenters. The van der Waals surface area contributed by atoms with Gasteiger partial charge in [0.1, 0.15) is 5.75 Å². The van der Waals surface area contributed by atoms with Crippen molar-refractivity contribution >= 4 is 5.91 Å². The highest BCUT2D eigenvalue weighted by atomic mass is 16.5. The van der Waals surface area contributed by atoms with E-state index in [4.69, 9.17) is 14.0 Å². The number of hydrogen-bond donors (Lipinski definition) is 1. The number of nitrogens with zero attached hydrogens (tertiary/aromatic N) is 2. The lowest BCUT2D eigenvalue weighted by Crippen LogP contribution is -2.22. The van der Waals surface area contributed by atoms with Crippen LogP contribution >= 0.6 is 0 Å². The quantitative estimate of drug-likeness (QED) is 0.659. The normalized spacial score (nSPS) is 10.6. The van der Waals surface area contributed by atoms with Gasteiger partial charge in [0.2, 0.25) is 11.7 Å². The van der Waals surface area contributed by atoms with Crippen LogP contribution in [0.2, 0.25) is 0 Å². The molecule has 1 amide bonds. The molecule has 0 radical (unpaired) electrons. The second-order valence-electron chi connectivity index (χ2n) is 5.98. The lowest BCUT2D eigenvalue weighted by molar-refractivity contribution is 0.0951. The minimum atomic E-state index is -0.146. The van der Waals surface area contributed by atoms with Crippen LogP contribution in [0.3, 0.4) is 0 Å². The summed E-state index contributed by atoms with van der Waals surface area (Å²) in [5, 5.41) is 6.68. The summed E-state index contributed by atoms with van der Waals surface area (Å²) in [6.45, 7) is 2.93. The molecule has 0 spiro atoms. The van der Waals surface area contributed by atoms with Crippen LogP contribution in [0.5, 0.6) is 5.75 Å². The summed E-state index contributed by atoms with van der Waals surface area (Å²) >= 11 is 0. The van der Waals surface area contributed by atoms with Crippen molar-refractivity contribution in [3.63, 3.8) is 0 Å². The number of nitrogens with one attached hydrogen (secondary N) is 1. The number of aryl methyl sites for hydroxylation is 1. The molecule has 27 heavy (non-hydrogen) atoms. The average Bonchev–Trinajstić information content (AvgIpc) is 3.11. The number of carbonyl (C=O) groups is 1. The molecule has 1 N–H and O–H groups in total. The summed E-state index contributed by atoms with van der Waals surface area (Å²) in [6, 6.07) is 14.8. The third-order valence-electron chi connectivity index (χ3n) is 3.81. The van der Waals surface area contributed by atoms with E-state index in [-0.39, 0.29) is 12.5 Å². The first-order chi connectivity index (χ1) is 13.1. The largest absolute Gasteiger partial charge is 0.485 e. The zero-order valence-electron chi connectivity index (χ0n) is 15.3. The molecule has 7 nitrogen and oxygen atoms in total. The van der Waals surface area contributed by atoms with Crippen molar-refractivity contribution in [1.82, 2.24) is 15.5 Å². The maximum Gasteiger partial charge on any atom is 0.251 e. The summed E-state index contributed by atoms with van der Waals surface area (Å²) in [7, 11) is 1.66. The number of hydrogen-bond acceptors (Lipinski definition) is 6. The molecule has 0 fully saturated rings. The van der Waals surface area contributed by atoms with E-state index in [0.29, 0.717) is 36.2 Å². The fraction of sp³-hybridized carbons (Fsp3) is 0.250. The highest BCUT2D eigenvalue weighted by Crippen LogP contribution is 2.14. The van der Waals surface area contributed by atoms with E-state index >= 15 is 0 Å². The fourth-order valence-corrected chi connectivity index (χ4v) is 2.53. The van der Waals surface area contributed by atoms with Crippen LogP contribution in [-0.4, -0.2) is 23.2 Å². The van der Waals surface area contributed by atoms with Crippen LogP contribution in [0.15, 0.2) is 53.1 Å². The highest BCUT2D eigenvalue weighted by molar-refractivity contribution is 5.94. The Kier molecular flexibility index (Phi) is 6.17. The molecule has 0 aliphatic rings. The van der Waals surface area contributed by atoms with Gasteiger partial charge in [-0.1, -0.05) is 29.4 Å². The monoisotopic (exact) mass is 367 g/mol. The first-order valence-corrected chi connectivity index (χ1v) is 8.51. The van der Waals surface area contributed by atoms with Crippen molar-refractivity contribution in [1.29, 1.82) is 0 Å². The Bertz CT molecular complexity index is 890. The molecule has 7 heteroatoms. The number of methoxy groups -OCH3 is 1. The second-order valence-corrected chi connectivity index (χ2v) is 5.98. The molecule has 0 unspecified atom stereocenters. The SMILES string of the molecule is COCc1cccc(CNC(=O)c2ccc(OCc3noc(C)n3)cc2)c1. The average molecular weight is 367 g/mol. The van der Waals surface area contributed by atoms with Crippen molar-refractivity contribution < 1.29 is 18.8 Å². The zero-order chi connectivity index (χ0) is 19.1. The molecular formula is C20H21N3O4. The van der Waals surface area contributed by atoms with Crippen LogP contribution in [0, 0.1) is 6.92 Å². The Morgan fingerprint density at radius 2 is 1.89 bits per heavy atom. The molecule has 1 aromatic heterocycles. The van der Waals surface area contributed by atoms with Gasteiger partial charge >= 0.3 is 0 Å². The van der Waals surface area contributed by atoms with E-state index in [2.05, 4.69) is 15.5 Å². The van der Waals surface area contributed by atoms with Gasteiger partial charge < -0.3 is 19.3 Å². The van der Waals surface area contributed by atoms with Gasteiger partial charge in [-0.25, -0.2) is 0 Å². The minimum absolute atomic E-state index is 0.146. The first kappa shape index (κ1) is 18.6. The summed E-state index contributed by atoms with van der Waals surface area (Å²) in [6.07, 6.45) is 0. The maximum absolute atomic E-state index is 12.3. The van der Waals surface area contributed by atoms with Crippen molar-refractivity contribution in [2.75, 3.05) is 7.11 Å². The van der Waals surface area contributed by atoms with Gasteiger partial charge in [0.05, 0.1) is 6.61 Å². The van der Waals surface area contributed by atoms with Crippen LogP contribution < -0.4 is 10.1 Å². The molecule has 1 heterocycles. The summed E-state index contributed by atoms with van der Waals surface area (Å²) in [5.41, 5.74) is 2.65. The number of amides is 1. The number of aromatic nitrogens is 2. The molecule has 0 saturated heterocycles. The predicted molar refractivity (Wildman–Crippen MR) is 98.1 cm³/mol. The second kappa shape index (κ2) is 8.95. The van der Waals surface area contributed by atoms with Crippen molar-refractivity contribution in [2.24, 2.45) is 0 Å².